The van der Waals surface area contributed by atoms with Crippen molar-refractivity contribution >= 4 is 23.6 Å². The van der Waals surface area contributed by atoms with Crippen LogP contribution in [0.15, 0.2) is 39.8 Å². The van der Waals surface area contributed by atoms with Gasteiger partial charge >= 0.3 is 0 Å². The summed E-state index contributed by atoms with van der Waals surface area (Å²) in [6.45, 7) is 2.18. The van der Waals surface area contributed by atoms with Crippen molar-refractivity contribution in [1.29, 1.82) is 0 Å². The van der Waals surface area contributed by atoms with Crippen molar-refractivity contribution in [3.63, 3.8) is 0 Å². The minimum absolute atomic E-state index is 0.0181. The van der Waals surface area contributed by atoms with Gasteiger partial charge in [-0.2, -0.15) is 4.98 Å². The van der Waals surface area contributed by atoms with Crippen molar-refractivity contribution in [2.24, 2.45) is 0 Å². The number of amides is 2. The molecular weight excluding hydrogens is 412 g/mol. The SMILES string of the molecule is CC(=O)NC1(c2noc(CCC(=O)NCCCSc3ccccc3)n2)CCCCCC1. The van der Waals surface area contributed by atoms with E-state index in [9.17, 15) is 9.59 Å². The molecule has 0 spiro atoms. The maximum Gasteiger partial charge on any atom is 0.227 e. The number of nitrogens with one attached hydrogen (secondary N) is 2. The lowest BCUT2D eigenvalue weighted by Gasteiger charge is -2.30. The lowest BCUT2D eigenvalue weighted by atomic mass is 9.89. The Labute approximate surface area is 188 Å². The molecule has 1 aromatic heterocycles. The Balaban J connectivity index is 1.42. The molecule has 0 atom stereocenters. The molecule has 0 saturated heterocycles. The van der Waals surface area contributed by atoms with Gasteiger partial charge < -0.3 is 15.2 Å². The van der Waals surface area contributed by atoms with Gasteiger partial charge in [0.05, 0.1) is 0 Å². The summed E-state index contributed by atoms with van der Waals surface area (Å²) < 4.78 is 5.41. The fourth-order valence-electron chi connectivity index (χ4n) is 3.94. The van der Waals surface area contributed by atoms with Crippen LogP contribution in [0.1, 0.15) is 70.0 Å². The van der Waals surface area contributed by atoms with Crippen LogP contribution >= 0.6 is 11.8 Å². The predicted molar refractivity (Wildman–Crippen MR) is 121 cm³/mol. The van der Waals surface area contributed by atoms with E-state index in [0.29, 0.717) is 31.1 Å². The molecule has 3 rings (SSSR count). The van der Waals surface area contributed by atoms with Gasteiger partial charge in [0.2, 0.25) is 17.7 Å². The summed E-state index contributed by atoms with van der Waals surface area (Å²) in [6, 6.07) is 10.2. The average Bonchev–Trinajstić information content (AvgIpc) is 3.12. The fraction of sp³-hybridized carbons (Fsp3) is 0.565. The number of carbonyl (C=O) groups is 2. The largest absolute Gasteiger partial charge is 0.356 e. The molecule has 1 fully saturated rings. The van der Waals surface area contributed by atoms with Crippen LogP contribution in [0.2, 0.25) is 0 Å². The third-order valence-corrected chi connectivity index (χ3v) is 6.59. The van der Waals surface area contributed by atoms with E-state index in [1.54, 1.807) is 11.8 Å². The average molecular weight is 445 g/mol. The number of thioether (sulfide) groups is 1. The van der Waals surface area contributed by atoms with Gasteiger partial charge in [0.25, 0.3) is 0 Å². The minimum atomic E-state index is -0.553. The van der Waals surface area contributed by atoms with E-state index in [1.165, 1.54) is 11.8 Å². The zero-order chi connectivity index (χ0) is 21.9. The number of carbonyl (C=O) groups excluding carboxylic acids is 2. The second-order valence-electron chi connectivity index (χ2n) is 8.05. The summed E-state index contributed by atoms with van der Waals surface area (Å²) in [4.78, 5) is 29.7. The molecule has 2 amide bonds. The number of hydrogen-bond acceptors (Lipinski definition) is 6. The van der Waals surface area contributed by atoms with Gasteiger partial charge in [0.1, 0.15) is 5.54 Å². The standard InChI is InChI=1S/C23H32N4O3S/c1-18(28)26-23(14-7-2-3-8-15-23)22-25-21(30-27-22)13-12-20(29)24-16-9-17-31-19-10-5-4-6-11-19/h4-6,10-11H,2-3,7-9,12-17H2,1H3,(H,24,29)(H,26,28). The molecule has 1 aliphatic rings. The van der Waals surface area contributed by atoms with Crippen LogP contribution in [0.4, 0.5) is 0 Å². The third-order valence-electron chi connectivity index (χ3n) is 5.49. The monoisotopic (exact) mass is 444 g/mol. The van der Waals surface area contributed by atoms with E-state index in [4.69, 9.17) is 4.52 Å². The van der Waals surface area contributed by atoms with E-state index in [1.807, 2.05) is 18.2 Å². The first-order valence-corrected chi connectivity index (χ1v) is 12.1. The number of rotatable bonds is 10. The maximum atomic E-state index is 12.1. The van der Waals surface area contributed by atoms with Crippen molar-refractivity contribution in [3.8, 4) is 0 Å². The topological polar surface area (TPSA) is 97.1 Å². The molecule has 2 aromatic rings. The van der Waals surface area contributed by atoms with Crippen molar-refractivity contribution in [2.45, 2.75) is 75.1 Å². The summed E-state index contributed by atoms with van der Waals surface area (Å²) in [5.41, 5.74) is -0.553. The van der Waals surface area contributed by atoms with Crippen LogP contribution in [-0.2, 0) is 21.5 Å². The normalized spacial score (nSPS) is 15.8. The highest BCUT2D eigenvalue weighted by atomic mass is 32.2. The van der Waals surface area contributed by atoms with Crippen LogP contribution in [0.5, 0.6) is 0 Å². The van der Waals surface area contributed by atoms with Crippen LogP contribution in [0.25, 0.3) is 0 Å². The molecule has 0 radical (unpaired) electrons. The van der Waals surface area contributed by atoms with Crippen LogP contribution in [0, 0.1) is 0 Å². The van der Waals surface area contributed by atoms with Gasteiger partial charge in [-0.1, -0.05) is 49.0 Å². The Kier molecular flexibility index (Phi) is 8.94. The molecule has 168 valence electrons. The Bertz CT molecular complexity index is 832. The van der Waals surface area contributed by atoms with E-state index < -0.39 is 5.54 Å². The zero-order valence-electron chi connectivity index (χ0n) is 18.2. The Morgan fingerprint density at radius 2 is 1.87 bits per heavy atom. The van der Waals surface area contributed by atoms with E-state index in [-0.39, 0.29) is 11.8 Å². The molecular formula is C23H32N4O3S. The molecule has 0 aliphatic heterocycles. The molecule has 8 heteroatoms. The minimum Gasteiger partial charge on any atom is -0.356 e. The first-order chi connectivity index (χ1) is 15.1. The van der Waals surface area contributed by atoms with Crippen LogP contribution < -0.4 is 10.6 Å². The summed E-state index contributed by atoms with van der Waals surface area (Å²) in [5.74, 6) is 1.84. The third kappa shape index (κ3) is 7.38. The highest BCUT2D eigenvalue weighted by Gasteiger charge is 2.38. The first kappa shape index (κ1) is 23.3. The molecule has 1 aliphatic carbocycles. The highest BCUT2D eigenvalue weighted by molar-refractivity contribution is 7.99. The molecule has 1 heterocycles. The molecule has 0 unspecified atom stereocenters. The van der Waals surface area contributed by atoms with Gasteiger partial charge in [0, 0.05) is 31.2 Å². The number of benzene rings is 1. The number of hydrogen-bond donors (Lipinski definition) is 2. The summed E-state index contributed by atoms with van der Waals surface area (Å²) in [5, 5.41) is 10.2. The first-order valence-electron chi connectivity index (χ1n) is 11.1. The smallest absolute Gasteiger partial charge is 0.227 e. The van der Waals surface area contributed by atoms with Crippen molar-refractivity contribution < 1.29 is 14.1 Å². The molecule has 1 aromatic carbocycles. The van der Waals surface area contributed by atoms with Gasteiger partial charge in [-0.25, -0.2) is 0 Å². The highest BCUT2D eigenvalue weighted by Crippen LogP contribution is 2.34. The van der Waals surface area contributed by atoms with Gasteiger partial charge in [-0.05, 0) is 37.1 Å². The van der Waals surface area contributed by atoms with Gasteiger partial charge in [0.15, 0.2) is 5.82 Å². The Morgan fingerprint density at radius 1 is 1.13 bits per heavy atom. The number of aryl methyl sites for hydroxylation is 1. The predicted octanol–water partition coefficient (Wildman–Crippen LogP) is 3.99. The lowest BCUT2D eigenvalue weighted by Crippen LogP contribution is -2.45. The molecule has 1 saturated carbocycles. The Morgan fingerprint density at radius 3 is 2.58 bits per heavy atom. The van der Waals surface area contributed by atoms with Crippen LogP contribution in [0.3, 0.4) is 0 Å². The number of nitrogens with zero attached hydrogens (tertiary/aromatic N) is 2. The second-order valence-corrected chi connectivity index (χ2v) is 9.22. The lowest BCUT2D eigenvalue weighted by molar-refractivity contribution is -0.122. The fourth-order valence-corrected chi connectivity index (χ4v) is 4.81. The summed E-state index contributed by atoms with van der Waals surface area (Å²) in [7, 11) is 0. The van der Waals surface area contributed by atoms with Crippen molar-refractivity contribution in [3.05, 3.63) is 42.0 Å². The second kappa shape index (κ2) is 11.9. The van der Waals surface area contributed by atoms with Crippen molar-refractivity contribution in [2.75, 3.05) is 12.3 Å². The van der Waals surface area contributed by atoms with Gasteiger partial charge in [-0.3, -0.25) is 9.59 Å². The van der Waals surface area contributed by atoms with Crippen molar-refractivity contribution in [1.82, 2.24) is 20.8 Å². The van der Waals surface area contributed by atoms with Crippen LogP contribution in [-0.4, -0.2) is 34.3 Å². The summed E-state index contributed by atoms with van der Waals surface area (Å²) in [6.07, 6.45) is 7.58. The number of aromatic nitrogens is 2. The maximum absolute atomic E-state index is 12.1. The van der Waals surface area contributed by atoms with E-state index in [2.05, 4.69) is 32.9 Å². The van der Waals surface area contributed by atoms with E-state index >= 15 is 0 Å². The molecule has 2 N–H and O–H groups in total. The molecule has 7 nitrogen and oxygen atoms in total. The zero-order valence-corrected chi connectivity index (χ0v) is 19.0. The molecule has 31 heavy (non-hydrogen) atoms. The van der Waals surface area contributed by atoms with E-state index in [0.717, 1.165) is 50.7 Å². The Hall–Kier alpha value is -2.35. The van der Waals surface area contributed by atoms with Gasteiger partial charge in [-0.15, -0.1) is 11.8 Å². The summed E-state index contributed by atoms with van der Waals surface area (Å²) >= 11 is 1.79. The quantitative estimate of drug-likeness (QED) is 0.327. The molecule has 0 bridgehead atoms.